The van der Waals surface area contributed by atoms with Crippen LogP contribution in [0.4, 0.5) is 11.5 Å². The number of aromatic nitrogens is 2. The summed E-state index contributed by atoms with van der Waals surface area (Å²) in [6, 6.07) is 15.6. The second kappa shape index (κ2) is 7.21. The number of aliphatic carboxylic acids is 1. The molecule has 1 aromatic heterocycles. The number of hydrogen-bond donors (Lipinski definition) is 3. The van der Waals surface area contributed by atoms with Gasteiger partial charge < -0.3 is 15.7 Å². The molecular weight excluding hydrogens is 380 g/mol. The van der Waals surface area contributed by atoms with E-state index in [0.29, 0.717) is 16.5 Å². The summed E-state index contributed by atoms with van der Waals surface area (Å²) in [4.78, 5) is 24.3. The fourth-order valence-electron chi connectivity index (χ4n) is 3.01. The number of anilines is 2. The van der Waals surface area contributed by atoms with E-state index < -0.39 is 17.9 Å². The first-order valence-corrected chi connectivity index (χ1v) is 8.82. The van der Waals surface area contributed by atoms with Crippen LogP contribution in [0.5, 0.6) is 0 Å². The molecule has 8 heteroatoms. The van der Waals surface area contributed by atoms with Crippen LogP contribution in [0.2, 0.25) is 5.02 Å². The third-order valence-electron chi connectivity index (χ3n) is 4.35. The van der Waals surface area contributed by atoms with Crippen molar-refractivity contribution in [2.75, 3.05) is 10.6 Å². The molecule has 0 saturated carbocycles. The lowest BCUT2D eigenvalue weighted by Gasteiger charge is -2.24. The van der Waals surface area contributed by atoms with Crippen molar-refractivity contribution in [2.45, 2.75) is 6.04 Å². The third-order valence-corrected chi connectivity index (χ3v) is 4.61. The van der Waals surface area contributed by atoms with Crippen molar-refractivity contribution in [1.29, 1.82) is 0 Å². The van der Waals surface area contributed by atoms with Gasteiger partial charge in [0.2, 0.25) is 0 Å². The summed E-state index contributed by atoms with van der Waals surface area (Å²) in [7, 11) is 0. The Hall–Kier alpha value is -3.58. The van der Waals surface area contributed by atoms with Gasteiger partial charge in [0.25, 0.3) is 5.91 Å². The zero-order valence-electron chi connectivity index (χ0n) is 14.5. The van der Waals surface area contributed by atoms with Crippen molar-refractivity contribution in [3.05, 3.63) is 88.7 Å². The molecule has 140 valence electrons. The number of allylic oxidation sites excluding steroid dienone is 1. The molecule has 0 fully saturated rings. The van der Waals surface area contributed by atoms with Crippen LogP contribution in [0.1, 0.15) is 22.0 Å². The minimum Gasteiger partial charge on any atom is -0.477 e. The van der Waals surface area contributed by atoms with Crippen molar-refractivity contribution in [3.8, 4) is 0 Å². The molecule has 1 atom stereocenters. The standard InChI is InChI=1S/C20H15ClN4O3/c21-13-6-8-14(9-7-13)23-19(26)15-11-22-25-17(12-4-2-1-3-5-12)10-16(20(27)28)24-18(15)25/h1-11,17,24H,(H,23,26)(H,27,28)/t17-/m0/s1. The van der Waals surface area contributed by atoms with E-state index in [1.54, 1.807) is 35.0 Å². The molecular formula is C20H15ClN4O3. The van der Waals surface area contributed by atoms with Crippen LogP contribution in [0.3, 0.4) is 0 Å². The summed E-state index contributed by atoms with van der Waals surface area (Å²) in [5.74, 6) is -1.20. The molecule has 1 aliphatic rings. The van der Waals surface area contributed by atoms with Gasteiger partial charge in [0.15, 0.2) is 0 Å². The number of benzene rings is 2. The number of carbonyl (C=O) groups is 2. The number of nitrogens with one attached hydrogen (secondary N) is 2. The zero-order chi connectivity index (χ0) is 19.7. The van der Waals surface area contributed by atoms with Crippen molar-refractivity contribution >= 4 is 35.0 Å². The van der Waals surface area contributed by atoms with Crippen LogP contribution in [0, 0.1) is 0 Å². The van der Waals surface area contributed by atoms with Crippen molar-refractivity contribution in [1.82, 2.24) is 9.78 Å². The average molecular weight is 395 g/mol. The first kappa shape index (κ1) is 17.8. The molecule has 0 unspecified atom stereocenters. The Morgan fingerprint density at radius 1 is 1.11 bits per heavy atom. The van der Waals surface area contributed by atoms with E-state index in [2.05, 4.69) is 15.7 Å². The monoisotopic (exact) mass is 394 g/mol. The molecule has 0 radical (unpaired) electrons. The maximum atomic E-state index is 12.7. The SMILES string of the molecule is O=C(O)C1=C[C@@H](c2ccccc2)n2ncc(C(=O)Nc3ccc(Cl)cc3)c2N1. The second-order valence-corrected chi connectivity index (χ2v) is 6.61. The van der Waals surface area contributed by atoms with Crippen LogP contribution in [0.15, 0.2) is 72.6 Å². The summed E-state index contributed by atoms with van der Waals surface area (Å²) in [5.41, 5.74) is 1.65. The van der Waals surface area contributed by atoms with Crippen LogP contribution in [-0.2, 0) is 4.79 Å². The van der Waals surface area contributed by atoms with E-state index in [1.807, 2.05) is 30.3 Å². The van der Waals surface area contributed by atoms with E-state index in [-0.39, 0.29) is 11.3 Å². The number of amides is 1. The molecule has 3 N–H and O–H groups in total. The van der Waals surface area contributed by atoms with E-state index >= 15 is 0 Å². The first-order chi connectivity index (χ1) is 13.5. The molecule has 3 aromatic rings. The molecule has 2 aromatic carbocycles. The Morgan fingerprint density at radius 2 is 1.82 bits per heavy atom. The smallest absolute Gasteiger partial charge is 0.352 e. The highest BCUT2D eigenvalue weighted by molar-refractivity contribution is 6.30. The Kier molecular flexibility index (Phi) is 4.58. The molecule has 7 nitrogen and oxygen atoms in total. The van der Waals surface area contributed by atoms with Gasteiger partial charge in [0.05, 0.1) is 12.2 Å². The number of fused-ring (bicyclic) bond motifs is 1. The van der Waals surface area contributed by atoms with Crippen LogP contribution >= 0.6 is 11.6 Å². The number of nitrogens with zero attached hydrogens (tertiary/aromatic N) is 2. The largest absolute Gasteiger partial charge is 0.477 e. The molecule has 0 bridgehead atoms. The highest BCUT2D eigenvalue weighted by Gasteiger charge is 2.29. The number of carbonyl (C=O) groups excluding carboxylic acids is 1. The Bertz CT molecular complexity index is 1070. The summed E-state index contributed by atoms with van der Waals surface area (Å²) >= 11 is 5.86. The maximum absolute atomic E-state index is 12.7. The van der Waals surface area contributed by atoms with Gasteiger partial charge in [-0.1, -0.05) is 41.9 Å². The Labute approximate surface area is 165 Å². The number of carboxylic acids is 1. The minimum absolute atomic E-state index is 0.0117. The predicted octanol–water partition coefficient (Wildman–Crippen LogP) is 3.77. The lowest BCUT2D eigenvalue weighted by Crippen LogP contribution is -2.25. The first-order valence-electron chi connectivity index (χ1n) is 8.44. The van der Waals surface area contributed by atoms with E-state index in [4.69, 9.17) is 11.6 Å². The van der Waals surface area contributed by atoms with Crippen LogP contribution in [0.25, 0.3) is 0 Å². The average Bonchev–Trinajstić information content (AvgIpc) is 3.14. The van der Waals surface area contributed by atoms with Crippen molar-refractivity contribution < 1.29 is 14.7 Å². The van der Waals surface area contributed by atoms with E-state index in [9.17, 15) is 14.7 Å². The molecule has 0 saturated heterocycles. The van der Waals surface area contributed by atoms with E-state index in [0.717, 1.165) is 5.56 Å². The second-order valence-electron chi connectivity index (χ2n) is 6.18. The highest BCUT2D eigenvalue weighted by Crippen LogP contribution is 2.32. The fraction of sp³-hybridized carbons (Fsp3) is 0.0500. The minimum atomic E-state index is -1.11. The van der Waals surface area contributed by atoms with Gasteiger partial charge >= 0.3 is 5.97 Å². The lowest BCUT2D eigenvalue weighted by atomic mass is 10.0. The quantitative estimate of drug-likeness (QED) is 0.626. The summed E-state index contributed by atoms with van der Waals surface area (Å²) in [5, 5.41) is 19.9. The number of halogens is 1. The number of carboxylic acid groups (broad SMARTS) is 1. The predicted molar refractivity (Wildman–Crippen MR) is 106 cm³/mol. The molecule has 28 heavy (non-hydrogen) atoms. The maximum Gasteiger partial charge on any atom is 0.352 e. The van der Waals surface area contributed by atoms with Gasteiger partial charge in [0, 0.05) is 10.7 Å². The van der Waals surface area contributed by atoms with Gasteiger partial charge in [-0.15, -0.1) is 0 Å². The molecule has 4 rings (SSSR count). The number of hydrogen-bond acceptors (Lipinski definition) is 4. The van der Waals surface area contributed by atoms with Gasteiger partial charge in [0.1, 0.15) is 17.1 Å². The van der Waals surface area contributed by atoms with Crippen LogP contribution < -0.4 is 10.6 Å². The fourth-order valence-corrected chi connectivity index (χ4v) is 3.13. The topological polar surface area (TPSA) is 96.2 Å². The zero-order valence-corrected chi connectivity index (χ0v) is 15.2. The molecule has 0 spiro atoms. The summed E-state index contributed by atoms with van der Waals surface area (Å²) in [6.45, 7) is 0. The highest BCUT2D eigenvalue weighted by atomic mass is 35.5. The Balaban J connectivity index is 1.70. The third kappa shape index (κ3) is 3.35. The lowest BCUT2D eigenvalue weighted by molar-refractivity contribution is -0.132. The molecule has 1 amide bonds. The molecule has 2 heterocycles. The number of rotatable bonds is 4. The van der Waals surface area contributed by atoms with E-state index in [1.165, 1.54) is 6.20 Å². The summed E-state index contributed by atoms with van der Waals surface area (Å²) < 4.78 is 1.60. The van der Waals surface area contributed by atoms with Gasteiger partial charge in [-0.2, -0.15) is 5.10 Å². The molecule has 0 aliphatic carbocycles. The van der Waals surface area contributed by atoms with Crippen LogP contribution in [-0.4, -0.2) is 26.8 Å². The van der Waals surface area contributed by atoms with Gasteiger partial charge in [-0.05, 0) is 35.9 Å². The van der Waals surface area contributed by atoms with Crippen molar-refractivity contribution in [2.24, 2.45) is 0 Å². The van der Waals surface area contributed by atoms with Gasteiger partial charge in [-0.3, -0.25) is 4.79 Å². The van der Waals surface area contributed by atoms with Crippen molar-refractivity contribution in [3.63, 3.8) is 0 Å². The summed E-state index contributed by atoms with van der Waals surface area (Å²) in [6.07, 6.45) is 2.99. The Morgan fingerprint density at radius 3 is 2.50 bits per heavy atom. The normalized spacial score (nSPS) is 15.2. The molecule has 1 aliphatic heterocycles. The van der Waals surface area contributed by atoms with Gasteiger partial charge in [-0.25, -0.2) is 9.48 Å².